The molecule has 122 valence electrons. The number of oxazole rings is 1. The fourth-order valence-corrected chi connectivity index (χ4v) is 3.77. The average Bonchev–Trinajstić information content (AvgIpc) is 3.31. The van der Waals surface area contributed by atoms with Gasteiger partial charge in [-0.1, -0.05) is 72.4 Å². The summed E-state index contributed by atoms with van der Waals surface area (Å²) in [5.74, 6) is 1.72. The highest BCUT2D eigenvalue weighted by atomic mass is 32.2. The molecule has 0 amide bonds. The lowest BCUT2D eigenvalue weighted by atomic mass is 10.1. The SMILES string of the molecule is c1ccc(-c2nc(SCC3CCCO3)oc2-c2ccccc2)cc1. The van der Waals surface area contributed by atoms with E-state index in [0.29, 0.717) is 11.3 Å². The molecule has 1 aliphatic heterocycles. The Morgan fingerprint density at radius 3 is 2.33 bits per heavy atom. The maximum absolute atomic E-state index is 6.11. The van der Waals surface area contributed by atoms with Gasteiger partial charge in [-0.05, 0) is 12.8 Å². The van der Waals surface area contributed by atoms with Crippen LogP contribution in [0.15, 0.2) is 70.3 Å². The largest absolute Gasteiger partial charge is 0.431 e. The van der Waals surface area contributed by atoms with Gasteiger partial charge in [0.1, 0.15) is 5.69 Å². The fourth-order valence-electron chi connectivity index (χ4n) is 2.88. The van der Waals surface area contributed by atoms with Crippen LogP contribution in [-0.4, -0.2) is 23.4 Å². The topological polar surface area (TPSA) is 35.3 Å². The minimum Gasteiger partial charge on any atom is -0.431 e. The lowest BCUT2D eigenvalue weighted by Gasteiger charge is -2.05. The van der Waals surface area contributed by atoms with Gasteiger partial charge in [-0.25, -0.2) is 4.98 Å². The first-order valence-corrected chi connectivity index (χ1v) is 9.25. The van der Waals surface area contributed by atoms with E-state index < -0.39 is 0 Å². The van der Waals surface area contributed by atoms with Gasteiger partial charge in [-0.3, -0.25) is 0 Å². The lowest BCUT2D eigenvalue weighted by Crippen LogP contribution is -2.07. The van der Waals surface area contributed by atoms with Gasteiger partial charge in [0.2, 0.25) is 0 Å². The van der Waals surface area contributed by atoms with Crippen molar-refractivity contribution in [3.05, 3.63) is 60.7 Å². The fraction of sp³-hybridized carbons (Fsp3) is 0.250. The number of rotatable bonds is 5. The third-order valence-electron chi connectivity index (χ3n) is 4.11. The quantitative estimate of drug-likeness (QED) is 0.593. The molecule has 1 fully saturated rings. The lowest BCUT2D eigenvalue weighted by molar-refractivity contribution is 0.128. The van der Waals surface area contributed by atoms with E-state index in [1.54, 1.807) is 11.8 Å². The Bertz CT molecular complexity index is 723. The van der Waals surface area contributed by atoms with Crippen LogP contribution >= 0.6 is 11.8 Å². The molecule has 4 rings (SSSR count). The molecule has 2 heterocycles. The maximum Gasteiger partial charge on any atom is 0.256 e. The number of aromatic nitrogens is 1. The Morgan fingerprint density at radius 2 is 1.67 bits per heavy atom. The van der Waals surface area contributed by atoms with Crippen LogP contribution in [0.4, 0.5) is 0 Å². The zero-order valence-corrected chi connectivity index (χ0v) is 14.2. The number of ether oxygens (including phenoxy) is 1. The highest BCUT2D eigenvalue weighted by Gasteiger charge is 2.20. The van der Waals surface area contributed by atoms with Crippen molar-refractivity contribution in [2.45, 2.75) is 24.2 Å². The van der Waals surface area contributed by atoms with Crippen molar-refractivity contribution in [1.82, 2.24) is 4.98 Å². The molecule has 1 aliphatic rings. The molecule has 0 radical (unpaired) electrons. The van der Waals surface area contributed by atoms with E-state index in [0.717, 1.165) is 47.8 Å². The van der Waals surface area contributed by atoms with Crippen molar-refractivity contribution in [1.29, 1.82) is 0 Å². The molecular weight excluding hydrogens is 318 g/mol. The molecule has 0 spiro atoms. The van der Waals surface area contributed by atoms with E-state index >= 15 is 0 Å². The molecule has 0 aliphatic carbocycles. The van der Waals surface area contributed by atoms with Crippen molar-refractivity contribution in [2.24, 2.45) is 0 Å². The molecule has 1 atom stereocenters. The summed E-state index contributed by atoms with van der Waals surface area (Å²) in [5, 5.41) is 0.711. The third-order valence-corrected chi connectivity index (χ3v) is 5.07. The Kier molecular flexibility index (Phi) is 4.67. The summed E-state index contributed by atoms with van der Waals surface area (Å²) in [4.78, 5) is 4.76. The Hall–Kier alpha value is -2.04. The van der Waals surface area contributed by atoms with Crippen molar-refractivity contribution in [3.63, 3.8) is 0 Å². The highest BCUT2D eigenvalue weighted by Crippen LogP contribution is 2.36. The van der Waals surface area contributed by atoms with Gasteiger partial charge < -0.3 is 9.15 Å². The number of thioether (sulfide) groups is 1. The molecule has 3 nitrogen and oxygen atoms in total. The molecule has 2 aromatic carbocycles. The van der Waals surface area contributed by atoms with Crippen LogP contribution in [0.2, 0.25) is 0 Å². The molecule has 1 aromatic heterocycles. The smallest absolute Gasteiger partial charge is 0.256 e. The predicted octanol–water partition coefficient (Wildman–Crippen LogP) is 5.28. The molecule has 0 N–H and O–H groups in total. The monoisotopic (exact) mass is 337 g/mol. The summed E-state index contributed by atoms with van der Waals surface area (Å²) >= 11 is 1.64. The van der Waals surface area contributed by atoms with E-state index in [1.807, 2.05) is 36.4 Å². The van der Waals surface area contributed by atoms with E-state index in [-0.39, 0.29) is 0 Å². The molecular formula is C20H19NO2S. The highest BCUT2D eigenvalue weighted by molar-refractivity contribution is 7.99. The molecule has 1 unspecified atom stereocenters. The van der Waals surface area contributed by atoms with Crippen LogP contribution in [0, 0.1) is 0 Å². The van der Waals surface area contributed by atoms with Crippen molar-refractivity contribution >= 4 is 11.8 Å². The van der Waals surface area contributed by atoms with E-state index in [4.69, 9.17) is 14.1 Å². The zero-order valence-electron chi connectivity index (χ0n) is 13.4. The first-order chi connectivity index (χ1) is 11.9. The van der Waals surface area contributed by atoms with Gasteiger partial charge in [0.25, 0.3) is 5.22 Å². The zero-order chi connectivity index (χ0) is 16.2. The summed E-state index contributed by atoms with van der Waals surface area (Å²) < 4.78 is 11.8. The van der Waals surface area contributed by atoms with Crippen LogP contribution < -0.4 is 0 Å². The first kappa shape index (κ1) is 15.5. The number of nitrogens with zero attached hydrogens (tertiary/aromatic N) is 1. The molecule has 24 heavy (non-hydrogen) atoms. The van der Waals surface area contributed by atoms with Crippen LogP contribution in [0.25, 0.3) is 22.6 Å². The Labute approximate surface area is 146 Å². The van der Waals surface area contributed by atoms with Gasteiger partial charge >= 0.3 is 0 Å². The van der Waals surface area contributed by atoms with Crippen molar-refractivity contribution in [2.75, 3.05) is 12.4 Å². The summed E-state index contributed by atoms with van der Waals surface area (Å²) in [7, 11) is 0. The molecule has 1 saturated heterocycles. The van der Waals surface area contributed by atoms with Crippen LogP contribution in [-0.2, 0) is 4.74 Å². The molecule has 4 heteroatoms. The second-order valence-corrected chi connectivity index (χ2v) is 6.81. The second kappa shape index (κ2) is 7.24. The molecule has 3 aromatic rings. The van der Waals surface area contributed by atoms with Crippen LogP contribution in [0.1, 0.15) is 12.8 Å². The standard InChI is InChI=1S/C20H19NO2S/c1-3-8-15(9-4-1)18-19(16-10-5-2-6-11-16)23-20(21-18)24-14-17-12-7-13-22-17/h1-6,8-11,17H,7,12-14H2. The normalized spacial score (nSPS) is 17.2. The summed E-state index contributed by atoms with van der Waals surface area (Å²) in [5.41, 5.74) is 3.02. The maximum atomic E-state index is 6.11. The van der Waals surface area contributed by atoms with Gasteiger partial charge in [0.15, 0.2) is 5.76 Å². The molecule has 0 saturated carbocycles. The molecule has 0 bridgehead atoms. The first-order valence-electron chi connectivity index (χ1n) is 8.26. The third kappa shape index (κ3) is 3.40. The summed E-state index contributed by atoms with van der Waals surface area (Å²) in [6, 6.07) is 20.4. The minimum atomic E-state index is 0.322. The number of hydrogen-bond acceptors (Lipinski definition) is 4. The van der Waals surface area contributed by atoms with Gasteiger partial charge in [0, 0.05) is 23.5 Å². The van der Waals surface area contributed by atoms with Crippen molar-refractivity contribution in [3.8, 4) is 22.6 Å². The van der Waals surface area contributed by atoms with Crippen LogP contribution in [0.5, 0.6) is 0 Å². The van der Waals surface area contributed by atoms with Gasteiger partial charge in [-0.15, -0.1) is 0 Å². The summed E-state index contributed by atoms with van der Waals surface area (Å²) in [6.07, 6.45) is 2.61. The predicted molar refractivity (Wildman–Crippen MR) is 97.1 cm³/mol. The number of hydrogen-bond donors (Lipinski definition) is 0. The van der Waals surface area contributed by atoms with E-state index in [2.05, 4.69) is 24.3 Å². The van der Waals surface area contributed by atoms with E-state index in [9.17, 15) is 0 Å². The van der Waals surface area contributed by atoms with Crippen LogP contribution in [0.3, 0.4) is 0 Å². The summed E-state index contributed by atoms with van der Waals surface area (Å²) in [6.45, 7) is 0.876. The second-order valence-electron chi connectivity index (χ2n) is 5.84. The Morgan fingerprint density at radius 1 is 0.958 bits per heavy atom. The Balaban J connectivity index is 1.65. The minimum absolute atomic E-state index is 0.322. The van der Waals surface area contributed by atoms with Gasteiger partial charge in [-0.2, -0.15) is 0 Å². The van der Waals surface area contributed by atoms with Gasteiger partial charge in [0.05, 0.1) is 6.10 Å². The number of benzene rings is 2. The van der Waals surface area contributed by atoms with E-state index in [1.165, 1.54) is 0 Å². The average molecular weight is 337 g/mol. The van der Waals surface area contributed by atoms with Crippen molar-refractivity contribution < 1.29 is 9.15 Å².